The van der Waals surface area contributed by atoms with Gasteiger partial charge in [0.25, 0.3) is 0 Å². The number of pyridine rings is 1. The van der Waals surface area contributed by atoms with Crippen LogP contribution in [0, 0.1) is 0 Å². The summed E-state index contributed by atoms with van der Waals surface area (Å²) in [6, 6.07) is 17.0. The maximum absolute atomic E-state index is 4.64. The molecule has 0 amide bonds. The fraction of sp³-hybridized carbons (Fsp3) is 0.111. The molecule has 4 heterocycles. The van der Waals surface area contributed by atoms with Gasteiger partial charge in [-0.2, -0.15) is 5.10 Å². The van der Waals surface area contributed by atoms with E-state index >= 15 is 0 Å². The Morgan fingerprint density at radius 2 is 1.76 bits per heavy atom. The van der Waals surface area contributed by atoms with Gasteiger partial charge >= 0.3 is 0 Å². The van der Waals surface area contributed by atoms with Gasteiger partial charge in [0.15, 0.2) is 0 Å². The predicted octanol–water partition coefficient (Wildman–Crippen LogP) is 5.20. The number of hydrogen-bond acceptors (Lipinski definition) is 5. The van der Waals surface area contributed by atoms with Crippen molar-refractivity contribution in [1.82, 2.24) is 29.3 Å². The summed E-state index contributed by atoms with van der Waals surface area (Å²) in [5.41, 5.74) is 9.16. The van der Waals surface area contributed by atoms with E-state index in [-0.39, 0.29) is 0 Å². The largest absolute Gasteiger partial charge is 0.381 e. The van der Waals surface area contributed by atoms with Crippen molar-refractivity contribution in [2.24, 2.45) is 14.1 Å². The minimum absolute atomic E-state index is 0.665. The summed E-state index contributed by atoms with van der Waals surface area (Å²) in [6.45, 7) is 0.665. The van der Waals surface area contributed by atoms with Crippen molar-refractivity contribution in [2.75, 3.05) is 5.32 Å². The van der Waals surface area contributed by atoms with E-state index in [1.807, 2.05) is 31.7 Å². The molecular formula is C27H23N7. The van der Waals surface area contributed by atoms with Gasteiger partial charge in [0.05, 0.1) is 22.9 Å². The highest BCUT2D eigenvalue weighted by atomic mass is 15.2. The third kappa shape index (κ3) is 3.67. The van der Waals surface area contributed by atoms with Gasteiger partial charge in [0, 0.05) is 74.0 Å². The molecule has 34 heavy (non-hydrogen) atoms. The molecule has 1 N–H and O–H groups in total. The quantitative estimate of drug-likeness (QED) is 0.395. The van der Waals surface area contributed by atoms with Crippen LogP contribution >= 0.6 is 0 Å². The molecule has 2 aromatic carbocycles. The maximum atomic E-state index is 4.64. The van der Waals surface area contributed by atoms with Crippen LogP contribution in [0.1, 0.15) is 5.56 Å². The highest BCUT2D eigenvalue weighted by Gasteiger charge is 2.11. The second kappa shape index (κ2) is 8.12. The highest BCUT2D eigenvalue weighted by molar-refractivity contribution is 5.97. The van der Waals surface area contributed by atoms with Crippen LogP contribution in [0.15, 0.2) is 85.7 Å². The number of benzene rings is 2. The normalized spacial score (nSPS) is 11.4. The van der Waals surface area contributed by atoms with Gasteiger partial charge in [0.1, 0.15) is 0 Å². The predicted molar refractivity (Wildman–Crippen MR) is 135 cm³/mol. The van der Waals surface area contributed by atoms with E-state index in [4.69, 9.17) is 0 Å². The maximum Gasteiger partial charge on any atom is 0.0966 e. The second-order valence-electron chi connectivity index (χ2n) is 8.45. The van der Waals surface area contributed by atoms with Crippen LogP contribution in [-0.4, -0.2) is 29.3 Å². The summed E-state index contributed by atoms with van der Waals surface area (Å²) < 4.78 is 3.92. The molecule has 0 aliphatic carbocycles. The summed E-state index contributed by atoms with van der Waals surface area (Å²) >= 11 is 0. The molecule has 0 radical (unpaired) electrons. The van der Waals surface area contributed by atoms with Gasteiger partial charge in [-0.15, -0.1) is 0 Å². The summed E-state index contributed by atoms with van der Waals surface area (Å²) in [6.07, 6.45) is 11.2. The molecule has 7 nitrogen and oxygen atoms in total. The Kier molecular flexibility index (Phi) is 4.80. The molecule has 0 unspecified atom stereocenters. The number of aromatic nitrogens is 6. The molecule has 0 bridgehead atoms. The number of anilines is 1. The molecule has 0 atom stereocenters. The smallest absolute Gasteiger partial charge is 0.0966 e. The lowest BCUT2D eigenvalue weighted by Gasteiger charge is -2.12. The molecule has 166 valence electrons. The van der Waals surface area contributed by atoms with Crippen LogP contribution in [-0.2, 0) is 20.6 Å². The lowest BCUT2D eigenvalue weighted by Crippen LogP contribution is -2.01. The molecular weight excluding hydrogens is 422 g/mol. The fourth-order valence-electron chi connectivity index (χ4n) is 4.33. The topological polar surface area (TPSA) is 73.5 Å². The first-order valence-electron chi connectivity index (χ1n) is 11.1. The zero-order chi connectivity index (χ0) is 23.1. The molecule has 0 aliphatic heterocycles. The Labute approximate surface area is 196 Å². The van der Waals surface area contributed by atoms with E-state index in [1.165, 1.54) is 10.9 Å². The number of aryl methyl sites for hydroxylation is 2. The van der Waals surface area contributed by atoms with Gasteiger partial charge < -0.3 is 9.88 Å². The number of fused-ring (bicyclic) bond motifs is 2. The number of rotatable bonds is 5. The average molecular weight is 446 g/mol. The standard InChI is InChI=1S/C27H23N7/c1-33-10-6-19-3-4-20(12-26(19)33)23-13-22(14-25-27(23)30-9-8-29-25)31-15-18-5-7-28-24(11-18)21-16-32-34(2)17-21/h3-14,16-17,31H,15H2,1-2H3. The van der Waals surface area contributed by atoms with Crippen molar-refractivity contribution in [2.45, 2.75) is 6.54 Å². The van der Waals surface area contributed by atoms with Crippen molar-refractivity contribution in [3.63, 3.8) is 0 Å². The van der Waals surface area contributed by atoms with Crippen molar-refractivity contribution in [1.29, 1.82) is 0 Å². The first kappa shape index (κ1) is 20.1. The summed E-state index contributed by atoms with van der Waals surface area (Å²) in [5, 5.41) is 9.04. The van der Waals surface area contributed by atoms with Crippen molar-refractivity contribution in [3.05, 3.63) is 91.3 Å². The number of nitrogens with one attached hydrogen (secondary N) is 1. The SMILES string of the molecule is Cn1cc(-c2cc(CNc3cc(-c4ccc5ccn(C)c5c4)c4nccnc4c3)ccn2)cn1. The number of hydrogen-bond donors (Lipinski definition) is 1. The van der Waals surface area contributed by atoms with E-state index in [2.05, 4.69) is 85.6 Å². The minimum atomic E-state index is 0.665. The fourth-order valence-corrected chi connectivity index (χ4v) is 4.33. The highest BCUT2D eigenvalue weighted by Crippen LogP contribution is 2.32. The second-order valence-corrected chi connectivity index (χ2v) is 8.45. The first-order valence-corrected chi connectivity index (χ1v) is 11.1. The average Bonchev–Trinajstić information content (AvgIpc) is 3.47. The lowest BCUT2D eigenvalue weighted by molar-refractivity contribution is 0.768. The molecule has 7 heteroatoms. The van der Waals surface area contributed by atoms with Crippen LogP contribution in [0.4, 0.5) is 5.69 Å². The van der Waals surface area contributed by atoms with E-state index in [0.29, 0.717) is 6.54 Å². The third-order valence-corrected chi connectivity index (χ3v) is 6.09. The van der Waals surface area contributed by atoms with Crippen LogP contribution in [0.25, 0.3) is 44.3 Å². The Bertz CT molecular complexity index is 1640. The molecule has 4 aromatic heterocycles. The minimum Gasteiger partial charge on any atom is -0.381 e. The van der Waals surface area contributed by atoms with Crippen LogP contribution < -0.4 is 5.32 Å². The first-order chi connectivity index (χ1) is 16.6. The summed E-state index contributed by atoms with van der Waals surface area (Å²) in [5.74, 6) is 0. The summed E-state index contributed by atoms with van der Waals surface area (Å²) in [4.78, 5) is 13.7. The third-order valence-electron chi connectivity index (χ3n) is 6.09. The lowest BCUT2D eigenvalue weighted by atomic mass is 10.0. The summed E-state index contributed by atoms with van der Waals surface area (Å²) in [7, 11) is 3.97. The molecule has 0 saturated carbocycles. The monoisotopic (exact) mass is 445 g/mol. The Morgan fingerprint density at radius 3 is 2.65 bits per heavy atom. The van der Waals surface area contributed by atoms with E-state index < -0.39 is 0 Å². The van der Waals surface area contributed by atoms with Gasteiger partial charge in [-0.25, -0.2) is 0 Å². The molecule has 0 aliphatic rings. The van der Waals surface area contributed by atoms with Crippen molar-refractivity contribution < 1.29 is 0 Å². The molecule has 0 saturated heterocycles. The molecule has 0 fully saturated rings. The Morgan fingerprint density at radius 1 is 0.853 bits per heavy atom. The molecule has 6 rings (SSSR count). The van der Waals surface area contributed by atoms with Gasteiger partial charge in [-0.3, -0.25) is 19.6 Å². The van der Waals surface area contributed by atoms with Gasteiger partial charge in [0.2, 0.25) is 0 Å². The van der Waals surface area contributed by atoms with Crippen LogP contribution in [0.2, 0.25) is 0 Å². The van der Waals surface area contributed by atoms with Gasteiger partial charge in [-0.1, -0.05) is 12.1 Å². The zero-order valence-electron chi connectivity index (χ0n) is 19.0. The molecule has 0 spiro atoms. The van der Waals surface area contributed by atoms with Crippen molar-refractivity contribution >= 4 is 27.6 Å². The van der Waals surface area contributed by atoms with Crippen LogP contribution in [0.3, 0.4) is 0 Å². The van der Waals surface area contributed by atoms with Gasteiger partial charge in [-0.05, 0) is 52.9 Å². The van der Waals surface area contributed by atoms with Crippen LogP contribution in [0.5, 0.6) is 0 Å². The van der Waals surface area contributed by atoms with E-state index in [1.54, 1.807) is 17.1 Å². The van der Waals surface area contributed by atoms with E-state index in [9.17, 15) is 0 Å². The Balaban J connectivity index is 1.35. The zero-order valence-corrected chi connectivity index (χ0v) is 19.0. The van der Waals surface area contributed by atoms with Crippen molar-refractivity contribution in [3.8, 4) is 22.4 Å². The van der Waals surface area contributed by atoms with E-state index in [0.717, 1.165) is 44.7 Å². The number of nitrogens with zero attached hydrogens (tertiary/aromatic N) is 6. The Hall–Kier alpha value is -4.52. The molecule has 6 aromatic rings.